The second-order valence-electron chi connectivity index (χ2n) is 4.82. The SMILES string of the molecule is CCC[C@H]1C(=O)C=CC=C(OC)[C@@H]1c1ccccc1. The van der Waals surface area contributed by atoms with Gasteiger partial charge in [-0.15, -0.1) is 0 Å². The van der Waals surface area contributed by atoms with Crippen molar-refractivity contribution in [2.24, 2.45) is 5.92 Å². The van der Waals surface area contributed by atoms with E-state index in [1.54, 1.807) is 19.3 Å². The topological polar surface area (TPSA) is 26.3 Å². The molecule has 0 spiro atoms. The number of hydrogen-bond donors (Lipinski definition) is 0. The fourth-order valence-electron chi connectivity index (χ4n) is 2.70. The van der Waals surface area contributed by atoms with Crippen molar-refractivity contribution in [2.45, 2.75) is 25.7 Å². The van der Waals surface area contributed by atoms with Gasteiger partial charge in [0.05, 0.1) is 13.0 Å². The predicted octanol–water partition coefficient (Wildman–Crippen LogP) is 3.86. The molecule has 0 aliphatic heterocycles. The van der Waals surface area contributed by atoms with E-state index in [9.17, 15) is 4.79 Å². The molecule has 1 aromatic rings. The summed E-state index contributed by atoms with van der Waals surface area (Å²) in [6.07, 6.45) is 7.24. The predicted molar refractivity (Wildman–Crippen MR) is 76.8 cm³/mol. The molecule has 2 rings (SSSR count). The van der Waals surface area contributed by atoms with Crippen LogP contribution in [0.1, 0.15) is 31.2 Å². The zero-order valence-electron chi connectivity index (χ0n) is 11.5. The van der Waals surface area contributed by atoms with Crippen molar-refractivity contribution in [1.29, 1.82) is 0 Å². The van der Waals surface area contributed by atoms with Crippen LogP contribution in [-0.4, -0.2) is 12.9 Å². The summed E-state index contributed by atoms with van der Waals surface area (Å²) in [5, 5.41) is 0. The van der Waals surface area contributed by atoms with E-state index in [2.05, 4.69) is 19.1 Å². The smallest absolute Gasteiger partial charge is 0.159 e. The summed E-state index contributed by atoms with van der Waals surface area (Å²) in [4.78, 5) is 12.3. The summed E-state index contributed by atoms with van der Waals surface area (Å²) in [6, 6.07) is 10.1. The van der Waals surface area contributed by atoms with Crippen molar-refractivity contribution in [3.63, 3.8) is 0 Å². The van der Waals surface area contributed by atoms with E-state index >= 15 is 0 Å². The molecule has 0 aromatic heterocycles. The Morgan fingerprint density at radius 3 is 2.58 bits per heavy atom. The van der Waals surface area contributed by atoms with Gasteiger partial charge >= 0.3 is 0 Å². The van der Waals surface area contributed by atoms with Crippen LogP contribution in [-0.2, 0) is 9.53 Å². The van der Waals surface area contributed by atoms with Crippen LogP contribution in [0.3, 0.4) is 0 Å². The van der Waals surface area contributed by atoms with Gasteiger partial charge in [0, 0.05) is 5.92 Å². The van der Waals surface area contributed by atoms with Crippen LogP contribution >= 0.6 is 0 Å². The lowest BCUT2D eigenvalue weighted by Crippen LogP contribution is -2.22. The highest BCUT2D eigenvalue weighted by atomic mass is 16.5. The molecule has 2 heteroatoms. The molecule has 2 nitrogen and oxygen atoms in total. The Labute approximate surface area is 114 Å². The maximum Gasteiger partial charge on any atom is 0.159 e. The van der Waals surface area contributed by atoms with E-state index in [1.165, 1.54) is 0 Å². The lowest BCUT2D eigenvalue weighted by Gasteiger charge is -2.26. The first kappa shape index (κ1) is 13.6. The van der Waals surface area contributed by atoms with Gasteiger partial charge in [-0.2, -0.15) is 0 Å². The van der Waals surface area contributed by atoms with Gasteiger partial charge in [0.15, 0.2) is 5.78 Å². The van der Waals surface area contributed by atoms with Crippen molar-refractivity contribution in [2.75, 3.05) is 7.11 Å². The van der Waals surface area contributed by atoms with Crippen molar-refractivity contribution < 1.29 is 9.53 Å². The number of rotatable bonds is 4. The highest BCUT2D eigenvalue weighted by Gasteiger charge is 2.32. The number of carbonyl (C=O) groups excluding carboxylic acids is 1. The Bertz CT molecular complexity index is 485. The quantitative estimate of drug-likeness (QED) is 0.817. The zero-order chi connectivity index (χ0) is 13.7. The molecule has 0 radical (unpaired) electrons. The second kappa shape index (κ2) is 6.37. The second-order valence-corrected chi connectivity index (χ2v) is 4.82. The number of methoxy groups -OCH3 is 1. The minimum atomic E-state index is -0.0302. The van der Waals surface area contributed by atoms with Crippen molar-refractivity contribution >= 4 is 5.78 Å². The highest BCUT2D eigenvalue weighted by molar-refractivity contribution is 5.93. The molecule has 0 heterocycles. The average molecular weight is 256 g/mol. The van der Waals surface area contributed by atoms with E-state index in [0.717, 1.165) is 24.2 Å². The van der Waals surface area contributed by atoms with Crippen LogP contribution in [0.2, 0.25) is 0 Å². The number of benzene rings is 1. The van der Waals surface area contributed by atoms with E-state index in [4.69, 9.17) is 4.74 Å². The van der Waals surface area contributed by atoms with E-state index in [0.29, 0.717) is 0 Å². The Morgan fingerprint density at radius 1 is 1.21 bits per heavy atom. The Morgan fingerprint density at radius 2 is 1.95 bits per heavy atom. The minimum Gasteiger partial charge on any atom is -0.500 e. The average Bonchev–Trinajstić information content (AvgIpc) is 2.60. The molecule has 0 fully saturated rings. The molecular formula is C17H20O2. The van der Waals surface area contributed by atoms with Crippen LogP contribution in [0.15, 0.2) is 54.3 Å². The molecule has 0 saturated heterocycles. The minimum absolute atomic E-state index is 0.0219. The first-order chi connectivity index (χ1) is 9.27. The molecule has 0 N–H and O–H groups in total. The number of allylic oxidation sites excluding steroid dienone is 4. The van der Waals surface area contributed by atoms with E-state index in [1.807, 2.05) is 24.3 Å². The van der Waals surface area contributed by atoms with Gasteiger partial charge in [0.25, 0.3) is 0 Å². The Hall–Kier alpha value is -1.83. The summed E-state index contributed by atoms with van der Waals surface area (Å²) < 4.78 is 5.52. The fraction of sp³-hybridized carbons (Fsp3) is 0.353. The number of carbonyl (C=O) groups is 1. The number of ketones is 1. The summed E-state index contributed by atoms with van der Waals surface area (Å²) >= 11 is 0. The van der Waals surface area contributed by atoms with Crippen molar-refractivity contribution in [3.05, 3.63) is 59.9 Å². The number of ether oxygens (including phenoxy) is 1. The zero-order valence-corrected chi connectivity index (χ0v) is 11.5. The standard InChI is InChI=1S/C17H20O2/c1-3-8-14-15(18)11-7-12-16(19-2)17(14)13-9-5-4-6-10-13/h4-7,9-12,14,17H,3,8H2,1-2H3/t14-,17+/m0/s1. The van der Waals surface area contributed by atoms with Crippen LogP contribution in [0.5, 0.6) is 0 Å². The van der Waals surface area contributed by atoms with Gasteiger partial charge in [-0.1, -0.05) is 49.8 Å². The maximum absolute atomic E-state index is 12.3. The third-order valence-electron chi connectivity index (χ3n) is 3.59. The monoisotopic (exact) mass is 256 g/mol. The third-order valence-corrected chi connectivity index (χ3v) is 3.59. The molecule has 2 atom stereocenters. The molecule has 1 aromatic carbocycles. The number of hydrogen-bond acceptors (Lipinski definition) is 2. The molecule has 0 amide bonds. The molecule has 1 aliphatic rings. The maximum atomic E-state index is 12.3. The summed E-state index contributed by atoms with van der Waals surface area (Å²) in [5.41, 5.74) is 1.14. The van der Waals surface area contributed by atoms with E-state index < -0.39 is 0 Å². The van der Waals surface area contributed by atoms with Gasteiger partial charge < -0.3 is 4.74 Å². The Balaban J connectivity index is 2.44. The van der Waals surface area contributed by atoms with Gasteiger partial charge in [-0.25, -0.2) is 0 Å². The summed E-state index contributed by atoms with van der Waals surface area (Å²) in [6.45, 7) is 2.11. The summed E-state index contributed by atoms with van der Waals surface area (Å²) in [7, 11) is 1.68. The van der Waals surface area contributed by atoms with Crippen LogP contribution < -0.4 is 0 Å². The molecule has 100 valence electrons. The molecule has 0 bridgehead atoms. The van der Waals surface area contributed by atoms with Crippen LogP contribution in [0, 0.1) is 5.92 Å². The van der Waals surface area contributed by atoms with Crippen molar-refractivity contribution in [1.82, 2.24) is 0 Å². The largest absolute Gasteiger partial charge is 0.500 e. The van der Waals surface area contributed by atoms with Gasteiger partial charge in [-0.3, -0.25) is 4.79 Å². The Kier molecular flexibility index (Phi) is 4.56. The van der Waals surface area contributed by atoms with Gasteiger partial charge in [0.2, 0.25) is 0 Å². The molecular weight excluding hydrogens is 236 g/mol. The lowest BCUT2D eigenvalue weighted by atomic mass is 9.80. The van der Waals surface area contributed by atoms with Gasteiger partial charge in [0.1, 0.15) is 5.76 Å². The summed E-state index contributed by atoms with van der Waals surface area (Å²) in [5.74, 6) is 1.05. The molecule has 0 unspecified atom stereocenters. The van der Waals surface area contributed by atoms with Crippen molar-refractivity contribution in [3.8, 4) is 0 Å². The highest BCUT2D eigenvalue weighted by Crippen LogP contribution is 2.37. The molecule has 0 saturated carbocycles. The van der Waals surface area contributed by atoms with Crippen LogP contribution in [0.4, 0.5) is 0 Å². The first-order valence-electron chi connectivity index (χ1n) is 6.79. The molecule has 1 aliphatic carbocycles. The third kappa shape index (κ3) is 2.95. The van der Waals surface area contributed by atoms with Gasteiger partial charge in [-0.05, 0) is 24.1 Å². The van der Waals surface area contributed by atoms with E-state index in [-0.39, 0.29) is 17.6 Å². The lowest BCUT2D eigenvalue weighted by molar-refractivity contribution is -0.119. The normalized spacial score (nSPS) is 22.8. The molecule has 19 heavy (non-hydrogen) atoms. The van der Waals surface area contributed by atoms with Crippen LogP contribution in [0.25, 0.3) is 0 Å². The first-order valence-corrected chi connectivity index (χ1v) is 6.79. The fourth-order valence-corrected chi connectivity index (χ4v) is 2.70.